The molecule has 1 unspecified atom stereocenters. The maximum absolute atomic E-state index is 12.3. The van der Waals surface area contributed by atoms with Crippen LogP contribution in [0.4, 0.5) is 5.69 Å². The lowest BCUT2D eigenvalue weighted by Crippen LogP contribution is -2.33. The Hall–Kier alpha value is 0.210. The molecule has 1 saturated heterocycles. The molecule has 3 N–H and O–H groups in total. The van der Waals surface area contributed by atoms with Gasteiger partial charge in [-0.2, -0.15) is 23.5 Å². The summed E-state index contributed by atoms with van der Waals surface area (Å²) >= 11 is 15.5. The van der Waals surface area contributed by atoms with E-state index in [0.717, 1.165) is 17.3 Å². The van der Waals surface area contributed by atoms with E-state index >= 15 is 0 Å². The highest BCUT2D eigenvalue weighted by Crippen LogP contribution is 2.32. The van der Waals surface area contributed by atoms with Crippen LogP contribution in [0.3, 0.4) is 0 Å². The van der Waals surface area contributed by atoms with Gasteiger partial charge in [0, 0.05) is 34.7 Å². The van der Waals surface area contributed by atoms with E-state index in [0.29, 0.717) is 12.2 Å². The van der Waals surface area contributed by atoms with Crippen LogP contribution < -0.4 is 10.5 Å². The van der Waals surface area contributed by atoms with Crippen molar-refractivity contribution in [1.82, 2.24) is 4.72 Å². The van der Waals surface area contributed by atoms with Crippen LogP contribution in [0.1, 0.15) is 0 Å². The second kappa shape index (κ2) is 6.98. The molecule has 0 spiro atoms. The molecule has 0 radical (unpaired) electrons. The first-order valence-electron chi connectivity index (χ1n) is 5.83. The SMILES string of the molecule is Nc1cc(Cl)c(S(=O)(=O)NCC2CSCCS2)c(Cl)c1. The zero-order valence-electron chi connectivity index (χ0n) is 10.4. The summed E-state index contributed by atoms with van der Waals surface area (Å²) in [6.07, 6.45) is 0. The molecule has 0 aromatic heterocycles. The number of benzene rings is 1. The summed E-state index contributed by atoms with van der Waals surface area (Å²) in [4.78, 5) is -0.108. The summed E-state index contributed by atoms with van der Waals surface area (Å²) in [6, 6.07) is 2.76. The van der Waals surface area contributed by atoms with E-state index in [1.165, 1.54) is 12.1 Å². The van der Waals surface area contributed by atoms with Crippen molar-refractivity contribution in [2.75, 3.05) is 29.5 Å². The Morgan fingerprint density at radius 1 is 1.30 bits per heavy atom. The van der Waals surface area contributed by atoms with Crippen molar-refractivity contribution < 1.29 is 8.42 Å². The molecule has 0 saturated carbocycles. The molecule has 1 aliphatic rings. The van der Waals surface area contributed by atoms with Crippen molar-refractivity contribution in [1.29, 1.82) is 0 Å². The number of nitrogen functional groups attached to an aromatic ring is 1. The number of anilines is 1. The monoisotopic (exact) mass is 372 g/mol. The second-order valence-electron chi connectivity index (χ2n) is 4.23. The van der Waals surface area contributed by atoms with Crippen molar-refractivity contribution >= 4 is 62.4 Å². The molecule has 20 heavy (non-hydrogen) atoms. The number of thioether (sulfide) groups is 2. The molecular formula is C11H14Cl2N2O2S3. The Morgan fingerprint density at radius 3 is 2.50 bits per heavy atom. The number of hydrogen-bond donors (Lipinski definition) is 2. The first kappa shape index (κ1) is 16.6. The molecule has 9 heteroatoms. The summed E-state index contributed by atoms with van der Waals surface area (Å²) in [6.45, 7) is 0.372. The first-order chi connectivity index (χ1) is 9.40. The van der Waals surface area contributed by atoms with E-state index in [2.05, 4.69) is 4.72 Å². The van der Waals surface area contributed by atoms with Gasteiger partial charge in [0.1, 0.15) is 4.90 Å². The van der Waals surface area contributed by atoms with Gasteiger partial charge in [-0.1, -0.05) is 23.2 Å². The topological polar surface area (TPSA) is 72.2 Å². The maximum atomic E-state index is 12.3. The van der Waals surface area contributed by atoms with Crippen molar-refractivity contribution in [3.63, 3.8) is 0 Å². The Morgan fingerprint density at radius 2 is 1.95 bits per heavy atom. The van der Waals surface area contributed by atoms with Crippen molar-refractivity contribution in [3.8, 4) is 0 Å². The molecule has 1 aromatic rings. The molecule has 0 amide bonds. The molecule has 1 atom stereocenters. The molecular weight excluding hydrogens is 359 g/mol. The minimum Gasteiger partial charge on any atom is -0.399 e. The Balaban J connectivity index is 2.14. The van der Waals surface area contributed by atoms with E-state index in [4.69, 9.17) is 28.9 Å². The fourth-order valence-corrected chi connectivity index (χ4v) is 6.79. The van der Waals surface area contributed by atoms with Gasteiger partial charge in [-0.3, -0.25) is 0 Å². The minimum atomic E-state index is -3.73. The van der Waals surface area contributed by atoms with Crippen molar-refractivity contribution in [2.45, 2.75) is 10.1 Å². The predicted octanol–water partition coefficient (Wildman–Crippen LogP) is 2.70. The molecule has 1 fully saturated rings. The first-order valence-corrected chi connectivity index (χ1v) is 10.3. The molecule has 0 aliphatic carbocycles. The fourth-order valence-electron chi connectivity index (χ4n) is 1.77. The number of halogens is 2. The van der Waals surface area contributed by atoms with Crippen LogP contribution in [0.5, 0.6) is 0 Å². The van der Waals surface area contributed by atoms with E-state index in [-0.39, 0.29) is 20.2 Å². The molecule has 112 valence electrons. The summed E-state index contributed by atoms with van der Waals surface area (Å²) < 4.78 is 27.2. The molecule has 1 heterocycles. The number of nitrogens with one attached hydrogen (secondary N) is 1. The average molecular weight is 373 g/mol. The molecule has 4 nitrogen and oxygen atoms in total. The third-order valence-electron chi connectivity index (χ3n) is 2.68. The highest BCUT2D eigenvalue weighted by Gasteiger charge is 2.24. The molecule has 2 rings (SSSR count). The van der Waals surface area contributed by atoms with Crippen molar-refractivity contribution in [2.24, 2.45) is 0 Å². The lowest BCUT2D eigenvalue weighted by molar-refractivity contribution is 0.582. The van der Waals surface area contributed by atoms with E-state index in [1.807, 2.05) is 11.8 Å². The number of sulfonamides is 1. The third kappa shape index (κ3) is 4.11. The van der Waals surface area contributed by atoms with Crippen LogP contribution in [0, 0.1) is 0 Å². The highest BCUT2D eigenvalue weighted by molar-refractivity contribution is 8.06. The molecule has 1 aliphatic heterocycles. The van der Waals surface area contributed by atoms with Crippen LogP contribution in [0.2, 0.25) is 10.0 Å². The lowest BCUT2D eigenvalue weighted by atomic mass is 10.3. The van der Waals surface area contributed by atoms with Gasteiger partial charge in [0.2, 0.25) is 10.0 Å². The lowest BCUT2D eigenvalue weighted by Gasteiger charge is -2.21. The van der Waals surface area contributed by atoms with E-state index in [9.17, 15) is 8.42 Å². The maximum Gasteiger partial charge on any atom is 0.243 e. The van der Waals surface area contributed by atoms with Crippen LogP contribution >= 0.6 is 46.7 Å². The summed E-state index contributed by atoms with van der Waals surface area (Å²) in [5.74, 6) is 3.10. The Kier molecular flexibility index (Phi) is 5.79. The van der Waals surface area contributed by atoms with Gasteiger partial charge < -0.3 is 5.73 Å². The Bertz CT molecular complexity index is 566. The highest BCUT2D eigenvalue weighted by atomic mass is 35.5. The fraction of sp³-hybridized carbons (Fsp3) is 0.455. The summed E-state index contributed by atoms with van der Waals surface area (Å²) in [7, 11) is -3.73. The normalized spacial score (nSPS) is 20.0. The molecule has 0 bridgehead atoms. The van der Waals surface area contributed by atoms with Gasteiger partial charge in [-0.05, 0) is 12.1 Å². The quantitative estimate of drug-likeness (QED) is 0.794. The van der Waals surface area contributed by atoms with Gasteiger partial charge in [-0.15, -0.1) is 0 Å². The summed E-state index contributed by atoms with van der Waals surface area (Å²) in [5, 5.41) is 0.344. The summed E-state index contributed by atoms with van der Waals surface area (Å²) in [5.41, 5.74) is 5.90. The van der Waals surface area contributed by atoms with Crippen molar-refractivity contribution in [3.05, 3.63) is 22.2 Å². The standard InChI is InChI=1S/C11H14Cl2N2O2S3/c12-9-3-7(14)4-10(13)11(9)20(16,17)15-5-8-6-18-1-2-19-8/h3-4,8,15H,1-2,5-6,14H2. The number of rotatable bonds is 4. The van der Waals surface area contributed by atoms with Gasteiger partial charge in [0.25, 0.3) is 0 Å². The largest absolute Gasteiger partial charge is 0.399 e. The molecule has 1 aromatic carbocycles. The predicted molar refractivity (Wildman–Crippen MR) is 89.6 cm³/mol. The average Bonchev–Trinajstić information content (AvgIpc) is 2.36. The second-order valence-corrected chi connectivity index (χ2v) is 9.31. The van der Waals surface area contributed by atoms with E-state index in [1.54, 1.807) is 11.8 Å². The van der Waals surface area contributed by atoms with Crippen LogP contribution in [0.15, 0.2) is 17.0 Å². The van der Waals surface area contributed by atoms with Gasteiger partial charge in [-0.25, -0.2) is 13.1 Å². The zero-order valence-corrected chi connectivity index (χ0v) is 14.4. The number of hydrogen-bond acceptors (Lipinski definition) is 5. The van der Waals surface area contributed by atoms with Gasteiger partial charge in [0.05, 0.1) is 10.0 Å². The smallest absolute Gasteiger partial charge is 0.243 e. The minimum absolute atomic E-state index is 0.0353. The van der Waals surface area contributed by atoms with Crippen LogP contribution in [0.25, 0.3) is 0 Å². The van der Waals surface area contributed by atoms with Gasteiger partial charge in [0.15, 0.2) is 0 Å². The third-order valence-corrected chi connectivity index (χ3v) is 7.86. The van der Waals surface area contributed by atoms with Crippen LogP contribution in [-0.2, 0) is 10.0 Å². The zero-order chi connectivity index (χ0) is 14.8. The van der Waals surface area contributed by atoms with Crippen LogP contribution in [-0.4, -0.2) is 37.5 Å². The Labute approximate surface area is 137 Å². The number of nitrogens with two attached hydrogens (primary N) is 1. The van der Waals surface area contributed by atoms with E-state index < -0.39 is 10.0 Å². The van der Waals surface area contributed by atoms with Gasteiger partial charge >= 0.3 is 0 Å².